The first-order valence-electron chi connectivity index (χ1n) is 4.79. The summed E-state index contributed by atoms with van der Waals surface area (Å²) in [6.45, 7) is 8.01. The predicted molar refractivity (Wildman–Crippen MR) is 46.2 cm³/mol. The second-order valence-electron chi connectivity index (χ2n) is 3.70. The Hall–Kier alpha value is -0.120. The highest BCUT2D eigenvalue weighted by Crippen LogP contribution is 2.26. The first kappa shape index (κ1) is 8.48. The Morgan fingerprint density at radius 3 is 3.00 bits per heavy atom. The quantitative estimate of drug-likeness (QED) is 0.573. The minimum atomic E-state index is 0.0499. The van der Waals surface area contributed by atoms with Crippen molar-refractivity contribution in [2.24, 2.45) is 0 Å². The van der Waals surface area contributed by atoms with Crippen molar-refractivity contribution >= 4 is 0 Å². The Morgan fingerprint density at radius 1 is 1.42 bits per heavy atom. The molecular formula is C9H17NO2. The molecule has 2 fully saturated rings. The van der Waals surface area contributed by atoms with Crippen molar-refractivity contribution in [3.05, 3.63) is 0 Å². The van der Waals surface area contributed by atoms with Crippen LogP contribution in [0, 0.1) is 0 Å². The lowest BCUT2D eigenvalue weighted by Gasteiger charge is -2.38. The van der Waals surface area contributed by atoms with Gasteiger partial charge in [-0.25, -0.2) is 0 Å². The molecule has 0 aromatic carbocycles. The van der Waals surface area contributed by atoms with Crippen molar-refractivity contribution in [3.63, 3.8) is 0 Å². The van der Waals surface area contributed by atoms with Gasteiger partial charge in [-0.15, -0.1) is 0 Å². The number of rotatable bonds is 1. The molecule has 0 saturated carbocycles. The van der Waals surface area contributed by atoms with Crippen LogP contribution in [0.15, 0.2) is 0 Å². The lowest BCUT2D eigenvalue weighted by Crippen LogP contribution is -2.52. The van der Waals surface area contributed by atoms with E-state index in [1.807, 2.05) is 0 Å². The molecule has 2 heterocycles. The molecule has 3 heteroatoms. The summed E-state index contributed by atoms with van der Waals surface area (Å²) in [6.07, 6.45) is 1.07. The topological polar surface area (TPSA) is 21.7 Å². The van der Waals surface area contributed by atoms with Gasteiger partial charge in [0.05, 0.1) is 13.2 Å². The Bertz CT molecular complexity index is 155. The average molecular weight is 171 g/mol. The van der Waals surface area contributed by atoms with Crippen molar-refractivity contribution in [1.82, 2.24) is 4.90 Å². The van der Waals surface area contributed by atoms with Gasteiger partial charge >= 0.3 is 0 Å². The van der Waals surface area contributed by atoms with E-state index >= 15 is 0 Å². The number of likely N-dealkylation sites (N-methyl/N-ethyl adjacent to an activating group) is 1. The summed E-state index contributed by atoms with van der Waals surface area (Å²) >= 11 is 0. The molecular weight excluding hydrogens is 154 g/mol. The second kappa shape index (κ2) is 3.32. The summed E-state index contributed by atoms with van der Waals surface area (Å²) in [4.78, 5) is 2.44. The standard InChI is InChI=1S/C9H17NO2/c1-2-10-4-6-12-9(7-10)3-5-11-8-9/h2-8H2,1H3/t9-/m0/s1. The maximum Gasteiger partial charge on any atom is 0.106 e. The van der Waals surface area contributed by atoms with Crippen LogP contribution in [0.3, 0.4) is 0 Å². The molecule has 2 aliphatic rings. The predicted octanol–water partition coefficient (Wildman–Crippen LogP) is 0.498. The SMILES string of the molecule is CCN1CCO[C@@]2(CCOC2)C1. The molecule has 0 N–H and O–H groups in total. The lowest BCUT2D eigenvalue weighted by molar-refractivity contribution is -0.108. The van der Waals surface area contributed by atoms with Gasteiger partial charge in [0.15, 0.2) is 0 Å². The molecule has 12 heavy (non-hydrogen) atoms. The molecule has 2 aliphatic heterocycles. The molecule has 0 unspecified atom stereocenters. The smallest absolute Gasteiger partial charge is 0.106 e. The van der Waals surface area contributed by atoms with Crippen LogP contribution in [0.2, 0.25) is 0 Å². The number of nitrogens with zero attached hydrogens (tertiary/aromatic N) is 1. The molecule has 0 aromatic rings. The maximum absolute atomic E-state index is 5.79. The van der Waals surface area contributed by atoms with Gasteiger partial charge in [0.1, 0.15) is 5.60 Å². The van der Waals surface area contributed by atoms with Gasteiger partial charge in [-0.3, -0.25) is 4.90 Å². The molecule has 0 aliphatic carbocycles. The van der Waals surface area contributed by atoms with Crippen molar-refractivity contribution in [3.8, 4) is 0 Å². The molecule has 1 spiro atoms. The Balaban J connectivity index is 1.97. The zero-order chi connectivity index (χ0) is 8.44. The molecule has 0 bridgehead atoms. The molecule has 70 valence electrons. The zero-order valence-corrected chi connectivity index (χ0v) is 7.71. The largest absolute Gasteiger partial charge is 0.378 e. The third kappa shape index (κ3) is 1.49. The summed E-state index contributed by atoms with van der Waals surface area (Å²) in [7, 11) is 0. The Labute approximate surface area is 73.6 Å². The third-order valence-corrected chi connectivity index (χ3v) is 2.84. The van der Waals surface area contributed by atoms with Crippen molar-refractivity contribution in [2.45, 2.75) is 18.9 Å². The summed E-state index contributed by atoms with van der Waals surface area (Å²) in [5.74, 6) is 0. The first-order chi connectivity index (χ1) is 5.85. The first-order valence-corrected chi connectivity index (χ1v) is 4.79. The number of ether oxygens (including phenoxy) is 2. The molecule has 0 amide bonds. The minimum absolute atomic E-state index is 0.0499. The molecule has 2 saturated heterocycles. The van der Waals surface area contributed by atoms with E-state index in [2.05, 4.69) is 11.8 Å². The van der Waals surface area contributed by atoms with Crippen LogP contribution < -0.4 is 0 Å². The highest BCUT2D eigenvalue weighted by Gasteiger charge is 2.39. The van der Waals surface area contributed by atoms with E-state index in [-0.39, 0.29) is 5.60 Å². The van der Waals surface area contributed by atoms with E-state index in [9.17, 15) is 0 Å². The van der Waals surface area contributed by atoms with Gasteiger partial charge in [0, 0.05) is 26.1 Å². The molecule has 0 aromatic heterocycles. The summed E-state index contributed by atoms with van der Waals surface area (Å²) < 4.78 is 11.2. The minimum Gasteiger partial charge on any atom is -0.378 e. The van der Waals surface area contributed by atoms with Crippen LogP contribution in [-0.4, -0.2) is 50.0 Å². The normalized spacial score (nSPS) is 37.8. The van der Waals surface area contributed by atoms with E-state index in [4.69, 9.17) is 9.47 Å². The van der Waals surface area contributed by atoms with E-state index in [0.717, 1.165) is 45.9 Å². The second-order valence-corrected chi connectivity index (χ2v) is 3.70. The van der Waals surface area contributed by atoms with Gasteiger partial charge in [0.2, 0.25) is 0 Å². The molecule has 2 rings (SSSR count). The number of hydrogen-bond acceptors (Lipinski definition) is 3. The highest BCUT2D eigenvalue weighted by molar-refractivity contribution is 4.90. The number of morpholine rings is 1. The van der Waals surface area contributed by atoms with Gasteiger partial charge < -0.3 is 9.47 Å². The van der Waals surface area contributed by atoms with E-state index in [1.54, 1.807) is 0 Å². The summed E-state index contributed by atoms with van der Waals surface area (Å²) in [5.41, 5.74) is 0.0499. The lowest BCUT2D eigenvalue weighted by atomic mass is 10.0. The van der Waals surface area contributed by atoms with E-state index < -0.39 is 0 Å². The monoisotopic (exact) mass is 171 g/mol. The van der Waals surface area contributed by atoms with E-state index in [0.29, 0.717) is 0 Å². The highest BCUT2D eigenvalue weighted by atomic mass is 16.6. The van der Waals surface area contributed by atoms with Gasteiger partial charge in [0.25, 0.3) is 0 Å². The van der Waals surface area contributed by atoms with Crippen LogP contribution >= 0.6 is 0 Å². The Morgan fingerprint density at radius 2 is 2.33 bits per heavy atom. The van der Waals surface area contributed by atoms with Crippen molar-refractivity contribution < 1.29 is 9.47 Å². The van der Waals surface area contributed by atoms with Crippen molar-refractivity contribution in [1.29, 1.82) is 0 Å². The third-order valence-electron chi connectivity index (χ3n) is 2.84. The summed E-state index contributed by atoms with van der Waals surface area (Å²) in [6, 6.07) is 0. The Kier molecular flexibility index (Phi) is 2.35. The zero-order valence-electron chi connectivity index (χ0n) is 7.71. The fourth-order valence-corrected chi connectivity index (χ4v) is 2.02. The van der Waals surface area contributed by atoms with E-state index in [1.165, 1.54) is 0 Å². The van der Waals surface area contributed by atoms with Gasteiger partial charge in [-0.05, 0) is 6.54 Å². The van der Waals surface area contributed by atoms with Gasteiger partial charge in [-0.2, -0.15) is 0 Å². The van der Waals surface area contributed by atoms with Crippen LogP contribution in [0.1, 0.15) is 13.3 Å². The van der Waals surface area contributed by atoms with Gasteiger partial charge in [-0.1, -0.05) is 6.92 Å². The molecule has 0 radical (unpaired) electrons. The number of hydrogen-bond donors (Lipinski definition) is 0. The average Bonchev–Trinajstić information content (AvgIpc) is 2.53. The fourth-order valence-electron chi connectivity index (χ4n) is 2.02. The van der Waals surface area contributed by atoms with Crippen LogP contribution in [-0.2, 0) is 9.47 Å². The van der Waals surface area contributed by atoms with Crippen LogP contribution in [0.25, 0.3) is 0 Å². The summed E-state index contributed by atoms with van der Waals surface area (Å²) in [5, 5.41) is 0. The molecule has 3 nitrogen and oxygen atoms in total. The maximum atomic E-state index is 5.79. The van der Waals surface area contributed by atoms with Crippen molar-refractivity contribution in [2.75, 3.05) is 39.5 Å². The van der Waals surface area contributed by atoms with Crippen LogP contribution in [0.4, 0.5) is 0 Å². The fraction of sp³-hybridized carbons (Fsp3) is 1.00. The van der Waals surface area contributed by atoms with Crippen LogP contribution in [0.5, 0.6) is 0 Å². The molecule has 1 atom stereocenters.